The van der Waals surface area contributed by atoms with Gasteiger partial charge in [-0.2, -0.15) is 0 Å². The zero-order valence-electron chi connectivity index (χ0n) is 7.09. The highest BCUT2D eigenvalue weighted by Crippen LogP contribution is 1.77. The summed E-state index contributed by atoms with van der Waals surface area (Å²) in [6.45, 7) is 1.70. The Morgan fingerprint density at radius 3 is 2.46 bits per heavy atom. The monoisotopic (exact) mass is 221 g/mol. The van der Waals surface area contributed by atoms with Gasteiger partial charge in [-0.1, -0.05) is 12.2 Å². The van der Waals surface area contributed by atoms with Crippen molar-refractivity contribution in [2.75, 3.05) is 6.54 Å². The number of hydrogen-bond donors (Lipinski definition) is 4. The molecule has 0 aliphatic carbocycles. The van der Waals surface area contributed by atoms with Crippen molar-refractivity contribution in [3.8, 4) is 0 Å². The Morgan fingerprint density at radius 1 is 1.38 bits per heavy atom. The zero-order chi connectivity index (χ0) is 10.3. The van der Waals surface area contributed by atoms with Crippen molar-refractivity contribution in [3.05, 3.63) is 0 Å². The van der Waals surface area contributed by atoms with Crippen LogP contribution in [0.25, 0.3) is 0 Å². The Kier molecular flexibility index (Phi) is 6.25. The highest BCUT2D eigenvalue weighted by atomic mass is 32.1. The Hall–Kier alpha value is -0.820. The van der Waals surface area contributed by atoms with E-state index in [1.165, 1.54) is 6.92 Å². The van der Waals surface area contributed by atoms with Crippen molar-refractivity contribution in [1.29, 1.82) is 0 Å². The maximum absolute atomic E-state index is 10.9. The summed E-state index contributed by atoms with van der Waals surface area (Å²) in [4.78, 5) is 21.3. The first-order valence-electron chi connectivity index (χ1n) is 3.54. The van der Waals surface area contributed by atoms with Crippen LogP contribution in [0.4, 0.5) is 0 Å². The number of hydrazine groups is 1. The van der Waals surface area contributed by atoms with Gasteiger partial charge in [-0.25, -0.2) is 0 Å². The third-order valence-electron chi connectivity index (χ3n) is 1.03. The molecule has 0 aromatic carbocycles. The number of amides is 2. The molecule has 74 valence electrons. The summed E-state index contributed by atoms with van der Waals surface area (Å²) in [6, 6.07) is 0. The minimum Gasteiger partial charge on any atom is -0.356 e. The Morgan fingerprint density at radius 2 is 2.00 bits per heavy atom. The smallest absolute Gasteiger partial charge is 0.240 e. The predicted molar refractivity (Wildman–Crippen MR) is 56.2 cm³/mol. The molecular weight excluding hydrogens is 210 g/mol. The fraction of sp³-hybridized carbons (Fsp3) is 0.500. The van der Waals surface area contributed by atoms with Crippen molar-refractivity contribution in [2.45, 2.75) is 13.3 Å². The molecule has 0 saturated carbocycles. The first-order valence-corrected chi connectivity index (χ1v) is 4.40. The fourth-order valence-electron chi connectivity index (χ4n) is 0.538. The van der Waals surface area contributed by atoms with Crippen LogP contribution in [0.5, 0.6) is 0 Å². The molecule has 0 heterocycles. The number of carbonyl (C=O) groups excluding carboxylic acids is 2. The molecule has 13 heavy (non-hydrogen) atoms. The van der Waals surface area contributed by atoms with E-state index >= 15 is 0 Å². The van der Waals surface area contributed by atoms with E-state index in [0.29, 0.717) is 6.54 Å². The van der Waals surface area contributed by atoms with Gasteiger partial charge in [0.15, 0.2) is 0 Å². The van der Waals surface area contributed by atoms with Gasteiger partial charge in [-0.05, 0) is 0 Å². The zero-order valence-corrected chi connectivity index (χ0v) is 8.80. The predicted octanol–water partition coefficient (Wildman–Crippen LogP) is -0.652. The average Bonchev–Trinajstić information content (AvgIpc) is 2.00. The van der Waals surface area contributed by atoms with Crippen LogP contribution < -0.4 is 16.2 Å². The minimum absolute atomic E-state index is 0.162. The molecule has 0 aromatic rings. The molecule has 0 fully saturated rings. The highest BCUT2D eigenvalue weighted by molar-refractivity contribution is 8.11. The number of nitrogens with one attached hydrogen (secondary N) is 3. The Bertz CT molecular complexity index is 220. The number of rotatable bonds is 3. The van der Waals surface area contributed by atoms with Crippen LogP contribution in [0.1, 0.15) is 13.3 Å². The maximum atomic E-state index is 10.9. The Balaban J connectivity index is 3.41. The molecule has 7 heteroatoms. The van der Waals surface area contributed by atoms with E-state index in [1.807, 2.05) is 0 Å². The number of thiocarbonyl (C=S) groups is 1. The molecule has 0 atom stereocenters. The number of carbonyl (C=O) groups is 2. The van der Waals surface area contributed by atoms with Crippen molar-refractivity contribution in [2.24, 2.45) is 0 Å². The molecule has 0 rings (SSSR count). The fourth-order valence-corrected chi connectivity index (χ4v) is 0.645. The highest BCUT2D eigenvalue weighted by Gasteiger charge is 2.00. The van der Waals surface area contributed by atoms with Crippen LogP contribution in [-0.4, -0.2) is 22.7 Å². The van der Waals surface area contributed by atoms with E-state index < -0.39 is 0 Å². The summed E-state index contributed by atoms with van der Waals surface area (Å²) >= 11 is 8.27. The molecule has 2 amide bonds. The van der Waals surface area contributed by atoms with Crippen molar-refractivity contribution in [3.63, 3.8) is 0 Å². The third-order valence-corrected chi connectivity index (χ3v) is 1.25. The second-order valence-corrected chi connectivity index (χ2v) is 3.37. The molecule has 0 unspecified atom stereocenters. The van der Waals surface area contributed by atoms with Crippen LogP contribution in [0.15, 0.2) is 0 Å². The third kappa shape index (κ3) is 9.09. The van der Waals surface area contributed by atoms with Gasteiger partial charge >= 0.3 is 0 Å². The molecule has 0 radical (unpaired) electrons. The standard InChI is InChI=1S/C6H11N3O2S2/c1-4(10)7-3-2-5(11)8-9-6(12)13/h2-3H2,1H3,(H,7,10)(H,8,11)(H2,9,12,13). The summed E-state index contributed by atoms with van der Waals surface area (Å²) in [5, 5.41) is 2.48. The summed E-state index contributed by atoms with van der Waals surface area (Å²) in [5.41, 5.74) is 4.66. The van der Waals surface area contributed by atoms with Gasteiger partial charge in [0.05, 0.1) is 0 Å². The van der Waals surface area contributed by atoms with Crippen LogP contribution in [0.2, 0.25) is 0 Å². The summed E-state index contributed by atoms with van der Waals surface area (Å²) in [6.07, 6.45) is 0.197. The largest absolute Gasteiger partial charge is 0.356 e. The van der Waals surface area contributed by atoms with E-state index in [4.69, 9.17) is 0 Å². The molecule has 0 saturated heterocycles. The second kappa shape index (κ2) is 6.67. The molecule has 0 spiro atoms. The quantitative estimate of drug-likeness (QED) is 0.290. The van der Waals surface area contributed by atoms with Crippen LogP contribution >= 0.6 is 24.8 Å². The van der Waals surface area contributed by atoms with E-state index in [0.717, 1.165) is 0 Å². The van der Waals surface area contributed by atoms with Gasteiger partial charge in [0.25, 0.3) is 0 Å². The lowest BCUT2D eigenvalue weighted by atomic mass is 10.4. The molecule has 3 N–H and O–H groups in total. The molecule has 0 aromatic heterocycles. The van der Waals surface area contributed by atoms with Crippen LogP contribution in [-0.2, 0) is 9.59 Å². The average molecular weight is 221 g/mol. The lowest BCUT2D eigenvalue weighted by molar-refractivity contribution is -0.122. The van der Waals surface area contributed by atoms with E-state index in [-0.39, 0.29) is 22.6 Å². The normalized spacial score (nSPS) is 8.77. The second-order valence-electron chi connectivity index (χ2n) is 2.21. The van der Waals surface area contributed by atoms with Crippen molar-refractivity contribution in [1.82, 2.24) is 16.2 Å². The maximum Gasteiger partial charge on any atom is 0.240 e. The number of hydrogen-bond acceptors (Lipinski definition) is 3. The van der Waals surface area contributed by atoms with Crippen molar-refractivity contribution < 1.29 is 9.59 Å². The Labute approximate surface area is 87.0 Å². The van der Waals surface area contributed by atoms with Crippen LogP contribution in [0.3, 0.4) is 0 Å². The first-order chi connectivity index (χ1) is 6.02. The lowest BCUT2D eigenvalue weighted by Gasteiger charge is -2.05. The molecule has 0 bridgehead atoms. The molecular formula is C6H11N3O2S2. The van der Waals surface area contributed by atoms with E-state index in [2.05, 4.69) is 41.0 Å². The number of thiol groups is 1. The van der Waals surface area contributed by atoms with Crippen molar-refractivity contribution >= 4 is 41.0 Å². The van der Waals surface area contributed by atoms with Gasteiger partial charge in [0, 0.05) is 19.9 Å². The molecule has 0 aliphatic rings. The topological polar surface area (TPSA) is 70.2 Å². The van der Waals surface area contributed by atoms with Gasteiger partial charge in [0.1, 0.15) is 4.32 Å². The van der Waals surface area contributed by atoms with Crippen LogP contribution in [0, 0.1) is 0 Å². The summed E-state index contributed by atoms with van der Waals surface area (Å²) in [5.74, 6) is -0.421. The summed E-state index contributed by atoms with van der Waals surface area (Å²) < 4.78 is 0.188. The van der Waals surface area contributed by atoms with Gasteiger partial charge in [0.2, 0.25) is 11.8 Å². The first kappa shape index (κ1) is 12.2. The minimum atomic E-state index is -0.259. The van der Waals surface area contributed by atoms with E-state index in [9.17, 15) is 9.59 Å². The van der Waals surface area contributed by atoms with Gasteiger partial charge < -0.3 is 5.32 Å². The SMILES string of the molecule is CC(=O)NCCC(=O)NNC(=S)S. The molecule has 0 aliphatic heterocycles. The molecule has 5 nitrogen and oxygen atoms in total. The van der Waals surface area contributed by atoms with Gasteiger partial charge in [-0.3, -0.25) is 20.4 Å². The van der Waals surface area contributed by atoms with E-state index in [1.54, 1.807) is 0 Å². The van der Waals surface area contributed by atoms with Gasteiger partial charge in [-0.15, -0.1) is 12.6 Å². The summed E-state index contributed by atoms with van der Waals surface area (Å²) in [7, 11) is 0. The lowest BCUT2D eigenvalue weighted by Crippen LogP contribution is -2.40.